The van der Waals surface area contributed by atoms with Crippen LogP contribution in [0.1, 0.15) is 24.0 Å². The lowest BCUT2D eigenvalue weighted by Crippen LogP contribution is -2.46. The lowest BCUT2D eigenvalue weighted by molar-refractivity contribution is -0.132. The Morgan fingerprint density at radius 1 is 1.25 bits per heavy atom. The van der Waals surface area contributed by atoms with Crippen LogP contribution in [0.3, 0.4) is 0 Å². The summed E-state index contributed by atoms with van der Waals surface area (Å²) in [5, 5.41) is 18.3. The number of hydrogen-bond acceptors (Lipinski definition) is 5. The fraction of sp³-hybridized carbons (Fsp3) is 0.304. The number of aromatic nitrogens is 3. The molecule has 0 radical (unpaired) electrons. The predicted molar refractivity (Wildman–Crippen MR) is 125 cm³/mol. The summed E-state index contributed by atoms with van der Waals surface area (Å²) in [7, 11) is 0. The average Bonchev–Trinajstić information content (AvgIpc) is 3.43. The molecule has 2 atom stereocenters. The minimum Gasteiger partial charge on any atom is -0.325 e. The average molecular weight is 471 g/mol. The van der Waals surface area contributed by atoms with E-state index >= 15 is 0 Å². The van der Waals surface area contributed by atoms with Crippen LogP contribution in [0.25, 0.3) is 11.3 Å². The van der Waals surface area contributed by atoms with Crippen molar-refractivity contribution in [2.24, 2.45) is 5.73 Å². The van der Waals surface area contributed by atoms with Crippen LogP contribution in [0.5, 0.6) is 0 Å². The van der Waals surface area contributed by atoms with Crippen molar-refractivity contribution in [2.45, 2.75) is 37.9 Å². The molecule has 0 bridgehead atoms. The van der Waals surface area contributed by atoms with E-state index in [1.807, 2.05) is 54.7 Å². The largest absolute Gasteiger partial charge is 0.325 e. The molecule has 0 saturated carbocycles. The zero-order valence-corrected chi connectivity index (χ0v) is 19.0. The van der Waals surface area contributed by atoms with Gasteiger partial charge >= 0.3 is 0 Å². The van der Waals surface area contributed by atoms with Gasteiger partial charge in [0.15, 0.2) is 0 Å². The number of halogens is 2. The van der Waals surface area contributed by atoms with Gasteiger partial charge < -0.3 is 10.6 Å². The molecule has 2 heterocycles. The Balaban J connectivity index is 0.00000289. The third-order valence-corrected chi connectivity index (χ3v) is 5.71. The van der Waals surface area contributed by atoms with Crippen molar-refractivity contribution in [1.29, 1.82) is 5.26 Å². The first-order valence-corrected chi connectivity index (χ1v) is 10.6. The van der Waals surface area contributed by atoms with Crippen molar-refractivity contribution in [3.8, 4) is 17.3 Å². The topological polar surface area (TPSA) is 101 Å². The Morgan fingerprint density at radius 3 is 2.75 bits per heavy atom. The maximum atomic E-state index is 12.6. The molecule has 0 spiro atoms. The molecule has 1 aromatic heterocycles. The van der Waals surface area contributed by atoms with E-state index < -0.39 is 6.04 Å². The number of carbonyl (C=O) groups excluding carboxylic acids is 1. The molecule has 1 aliphatic heterocycles. The van der Waals surface area contributed by atoms with Gasteiger partial charge in [-0.05, 0) is 42.5 Å². The molecular weight excluding hydrogens is 447 g/mol. The fourth-order valence-corrected chi connectivity index (χ4v) is 4.07. The molecule has 1 saturated heterocycles. The second-order valence-corrected chi connectivity index (χ2v) is 8.19. The number of likely N-dealkylation sites (tertiary alicyclic amines) is 1. The monoisotopic (exact) mass is 470 g/mol. The molecule has 166 valence electrons. The third kappa shape index (κ3) is 5.46. The summed E-state index contributed by atoms with van der Waals surface area (Å²) in [5.41, 5.74) is 9.86. The van der Waals surface area contributed by atoms with Crippen LogP contribution in [-0.2, 0) is 17.8 Å². The molecule has 2 N–H and O–H groups in total. The highest BCUT2D eigenvalue weighted by molar-refractivity contribution is 6.30. The van der Waals surface area contributed by atoms with Crippen LogP contribution < -0.4 is 5.73 Å². The van der Waals surface area contributed by atoms with Crippen molar-refractivity contribution in [3.05, 3.63) is 70.9 Å². The summed E-state index contributed by atoms with van der Waals surface area (Å²) in [6, 6.07) is 16.6. The molecule has 4 rings (SSSR count). The van der Waals surface area contributed by atoms with E-state index in [2.05, 4.69) is 16.4 Å². The third-order valence-electron chi connectivity index (χ3n) is 5.48. The zero-order chi connectivity index (χ0) is 21.8. The zero-order valence-electron chi connectivity index (χ0n) is 17.4. The van der Waals surface area contributed by atoms with E-state index in [9.17, 15) is 10.1 Å². The molecule has 1 amide bonds. The van der Waals surface area contributed by atoms with Crippen molar-refractivity contribution in [2.75, 3.05) is 6.54 Å². The van der Waals surface area contributed by atoms with Crippen molar-refractivity contribution >= 4 is 29.9 Å². The van der Waals surface area contributed by atoms with Crippen LogP contribution in [0.15, 0.2) is 54.7 Å². The van der Waals surface area contributed by atoms with Crippen LogP contribution >= 0.6 is 24.0 Å². The molecule has 0 aliphatic carbocycles. The van der Waals surface area contributed by atoms with Crippen molar-refractivity contribution < 1.29 is 4.79 Å². The standard InChI is InChI=1S/C23H23ClN6O.ClH/c24-19-4-1-3-17(11-19)14-29-15-22(27-28-29)18-8-6-16(7-9-18)12-21(26)23(31)30-10-2-5-20(30)13-25;/h1,3-4,6-9,11,15,20-21H,2,5,10,12,14,26H2;1H/t20-,21-;/m0./s1. The quantitative estimate of drug-likeness (QED) is 0.594. The van der Waals surface area contributed by atoms with Gasteiger partial charge in [0.2, 0.25) is 5.91 Å². The molecule has 2 aromatic carbocycles. The second kappa shape index (κ2) is 10.6. The minimum absolute atomic E-state index is 0. The number of benzene rings is 2. The van der Waals surface area contributed by atoms with Gasteiger partial charge in [-0.15, -0.1) is 17.5 Å². The van der Waals surface area contributed by atoms with Crippen molar-refractivity contribution in [3.63, 3.8) is 0 Å². The van der Waals surface area contributed by atoms with E-state index in [-0.39, 0.29) is 24.4 Å². The number of carbonyl (C=O) groups is 1. The van der Waals surface area contributed by atoms with E-state index in [1.165, 1.54) is 0 Å². The molecular formula is C23H24Cl2N6O. The second-order valence-electron chi connectivity index (χ2n) is 7.76. The Hall–Kier alpha value is -2.92. The van der Waals surface area contributed by atoms with Crippen LogP contribution in [0.2, 0.25) is 5.02 Å². The lowest BCUT2D eigenvalue weighted by Gasteiger charge is -2.23. The van der Waals surface area contributed by atoms with Gasteiger partial charge in [0.05, 0.1) is 24.9 Å². The summed E-state index contributed by atoms with van der Waals surface area (Å²) >= 11 is 6.04. The Bertz CT molecular complexity index is 1110. The molecule has 1 aliphatic rings. The number of nitrogens with two attached hydrogens (primary N) is 1. The normalized spacial score (nSPS) is 16.3. The van der Waals surface area contributed by atoms with E-state index in [0.717, 1.165) is 35.2 Å². The Kier molecular flexibility index (Phi) is 7.86. The maximum Gasteiger partial charge on any atom is 0.240 e. The first-order chi connectivity index (χ1) is 15.0. The van der Waals surface area contributed by atoms with Crippen LogP contribution in [0.4, 0.5) is 0 Å². The van der Waals surface area contributed by atoms with Gasteiger partial charge in [-0.3, -0.25) is 4.79 Å². The first kappa shape index (κ1) is 23.7. The highest BCUT2D eigenvalue weighted by Crippen LogP contribution is 2.20. The smallest absolute Gasteiger partial charge is 0.240 e. The predicted octanol–water partition coefficient (Wildman–Crippen LogP) is 3.45. The van der Waals surface area contributed by atoms with Crippen molar-refractivity contribution in [1.82, 2.24) is 19.9 Å². The van der Waals surface area contributed by atoms with E-state index in [1.54, 1.807) is 9.58 Å². The van der Waals surface area contributed by atoms with Gasteiger partial charge in [-0.25, -0.2) is 4.68 Å². The fourth-order valence-electron chi connectivity index (χ4n) is 3.86. The molecule has 9 heteroatoms. The van der Waals surface area contributed by atoms with E-state index in [0.29, 0.717) is 24.5 Å². The Labute approximate surface area is 198 Å². The molecule has 32 heavy (non-hydrogen) atoms. The number of amides is 1. The molecule has 3 aromatic rings. The molecule has 1 fully saturated rings. The summed E-state index contributed by atoms with van der Waals surface area (Å²) in [6.45, 7) is 1.19. The first-order valence-electron chi connectivity index (χ1n) is 10.2. The number of nitrogens with zero attached hydrogens (tertiary/aromatic N) is 5. The Morgan fingerprint density at radius 2 is 2.03 bits per heavy atom. The van der Waals surface area contributed by atoms with Gasteiger partial charge in [0.1, 0.15) is 11.7 Å². The van der Waals surface area contributed by atoms with Crippen LogP contribution in [0, 0.1) is 11.3 Å². The summed E-state index contributed by atoms with van der Waals surface area (Å²) < 4.78 is 1.77. The summed E-state index contributed by atoms with van der Waals surface area (Å²) in [6.07, 6.45) is 3.89. The van der Waals surface area contributed by atoms with Gasteiger partial charge in [0.25, 0.3) is 0 Å². The number of nitriles is 1. The molecule has 7 nitrogen and oxygen atoms in total. The highest BCUT2D eigenvalue weighted by Gasteiger charge is 2.31. The number of rotatable bonds is 6. The van der Waals surface area contributed by atoms with Crippen LogP contribution in [-0.4, -0.2) is 44.4 Å². The number of hydrogen-bond donors (Lipinski definition) is 1. The summed E-state index contributed by atoms with van der Waals surface area (Å²) in [5.74, 6) is -0.155. The lowest BCUT2D eigenvalue weighted by atomic mass is 10.0. The van der Waals surface area contributed by atoms with Gasteiger partial charge in [-0.1, -0.05) is 53.2 Å². The maximum absolute atomic E-state index is 12.6. The van der Waals surface area contributed by atoms with Gasteiger partial charge in [0, 0.05) is 17.1 Å². The minimum atomic E-state index is -0.654. The molecule has 0 unspecified atom stereocenters. The van der Waals surface area contributed by atoms with E-state index in [4.69, 9.17) is 17.3 Å². The highest BCUT2D eigenvalue weighted by atomic mass is 35.5. The summed E-state index contributed by atoms with van der Waals surface area (Å²) in [4.78, 5) is 14.2. The van der Waals surface area contributed by atoms with Gasteiger partial charge in [-0.2, -0.15) is 5.26 Å². The SMILES string of the molecule is Cl.N#C[C@@H]1CCCN1C(=O)[C@@H](N)Cc1ccc(-c2cn(Cc3cccc(Cl)c3)nn2)cc1.